The molecule has 0 amide bonds. The Balaban J connectivity index is 2.22. The highest BCUT2D eigenvalue weighted by Crippen LogP contribution is 2.28. The predicted molar refractivity (Wildman–Crippen MR) is 74.5 cm³/mol. The molecule has 0 saturated heterocycles. The average Bonchev–Trinajstić information content (AvgIpc) is 2.92. The quantitative estimate of drug-likeness (QED) is 0.408. The predicted octanol–water partition coefficient (Wildman–Crippen LogP) is 3.92. The van der Waals surface area contributed by atoms with Crippen molar-refractivity contribution < 1.29 is 4.92 Å². The number of thiophene rings is 1. The van der Waals surface area contributed by atoms with E-state index in [1.165, 1.54) is 23.5 Å². The number of rotatable bonds is 2. The van der Waals surface area contributed by atoms with Gasteiger partial charge in [-0.15, -0.1) is 0 Å². The van der Waals surface area contributed by atoms with Crippen LogP contribution in [0, 0.1) is 10.1 Å². The molecule has 3 rings (SSSR count). The molecule has 0 aliphatic heterocycles. The maximum Gasteiger partial charge on any atom is 0.270 e. The second-order valence-corrected chi connectivity index (χ2v) is 4.95. The first-order valence-corrected chi connectivity index (χ1v) is 6.61. The Hall–Kier alpha value is -2.05. The van der Waals surface area contributed by atoms with Crippen LogP contribution in [-0.2, 0) is 0 Å². The topological polar surface area (TPSA) is 68.9 Å². The van der Waals surface area contributed by atoms with Crippen molar-refractivity contribution in [3.63, 3.8) is 0 Å². The zero-order chi connectivity index (χ0) is 13.4. The number of nitro benzene ring substituents is 1. The summed E-state index contributed by atoms with van der Waals surface area (Å²) in [6.07, 6.45) is 0. The van der Waals surface area contributed by atoms with Gasteiger partial charge in [0.15, 0.2) is 5.82 Å². The lowest BCUT2D eigenvalue weighted by molar-refractivity contribution is -0.384. The standard InChI is InChI=1S/C12H6ClN3O2S/c13-11-9-5-8(16(17)18)1-2-10(9)14-12(15-11)7-3-4-19-6-7/h1-6H. The molecule has 0 fully saturated rings. The highest BCUT2D eigenvalue weighted by Gasteiger charge is 2.12. The van der Waals surface area contributed by atoms with E-state index in [1.54, 1.807) is 6.07 Å². The van der Waals surface area contributed by atoms with Crippen LogP contribution in [0.25, 0.3) is 22.3 Å². The Morgan fingerprint density at radius 3 is 2.79 bits per heavy atom. The van der Waals surface area contributed by atoms with Crippen molar-refractivity contribution in [2.75, 3.05) is 0 Å². The van der Waals surface area contributed by atoms with Crippen LogP contribution in [0.3, 0.4) is 0 Å². The summed E-state index contributed by atoms with van der Waals surface area (Å²) in [5, 5.41) is 15.3. The van der Waals surface area contributed by atoms with Gasteiger partial charge >= 0.3 is 0 Å². The Bertz CT molecular complexity index is 774. The molecule has 0 aliphatic carbocycles. The van der Waals surface area contributed by atoms with Crippen molar-refractivity contribution in [1.29, 1.82) is 0 Å². The van der Waals surface area contributed by atoms with Gasteiger partial charge in [0.25, 0.3) is 5.69 Å². The third-order valence-corrected chi connectivity index (χ3v) is 3.59. The Morgan fingerprint density at radius 1 is 1.26 bits per heavy atom. The summed E-state index contributed by atoms with van der Waals surface area (Å²) in [6.45, 7) is 0. The number of nitro groups is 1. The first-order valence-electron chi connectivity index (χ1n) is 5.29. The minimum absolute atomic E-state index is 0.0266. The molecule has 7 heteroatoms. The summed E-state index contributed by atoms with van der Waals surface area (Å²) in [4.78, 5) is 18.8. The molecular weight excluding hydrogens is 286 g/mol. The molecule has 0 unspecified atom stereocenters. The maximum atomic E-state index is 10.7. The lowest BCUT2D eigenvalue weighted by Crippen LogP contribution is -1.93. The number of non-ortho nitro benzene ring substituents is 1. The van der Waals surface area contributed by atoms with Crippen molar-refractivity contribution in [2.24, 2.45) is 0 Å². The molecule has 0 aliphatic rings. The molecule has 19 heavy (non-hydrogen) atoms. The molecule has 2 heterocycles. The van der Waals surface area contributed by atoms with Crippen LogP contribution in [-0.4, -0.2) is 14.9 Å². The lowest BCUT2D eigenvalue weighted by atomic mass is 10.2. The monoisotopic (exact) mass is 291 g/mol. The number of nitrogens with zero attached hydrogens (tertiary/aromatic N) is 3. The van der Waals surface area contributed by atoms with E-state index in [4.69, 9.17) is 11.6 Å². The molecule has 3 aromatic rings. The van der Waals surface area contributed by atoms with E-state index in [9.17, 15) is 10.1 Å². The summed E-state index contributed by atoms with van der Waals surface area (Å²) in [6, 6.07) is 6.27. The van der Waals surface area contributed by atoms with Gasteiger partial charge in [0.1, 0.15) is 5.15 Å². The fourth-order valence-corrected chi connectivity index (χ4v) is 2.58. The first-order chi connectivity index (χ1) is 9.15. The fourth-order valence-electron chi connectivity index (χ4n) is 1.71. The molecule has 0 bridgehead atoms. The second-order valence-electron chi connectivity index (χ2n) is 3.81. The van der Waals surface area contributed by atoms with Crippen LogP contribution < -0.4 is 0 Å². The van der Waals surface area contributed by atoms with Crippen LogP contribution in [0.2, 0.25) is 5.15 Å². The third kappa shape index (κ3) is 2.16. The van der Waals surface area contributed by atoms with Crippen LogP contribution >= 0.6 is 22.9 Å². The van der Waals surface area contributed by atoms with Crippen LogP contribution in [0.5, 0.6) is 0 Å². The molecule has 1 aromatic carbocycles. The fraction of sp³-hybridized carbons (Fsp3) is 0. The number of benzene rings is 1. The van der Waals surface area contributed by atoms with Gasteiger partial charge in [-0.1, -0.05) is 11.6 Å². The number of fused-ring (bicyclic) bond motifs is 1. The third-order valence-electron chi connectivity index (χ3n) is 2.62. The second kappa shape index (κ2) is 4.56. The van der Waals surface area contributed by atoms with Gasteiger partial charge in [0.05, 0.1) is 10.4 Å². The smallest absolute Gasteiger partial charge is 0.258 e. The minimum Gasteiger partial charge on any atom is -0.258 e. The Labute approximate surface area is 116 Å². The number of hydrogen-bond donors (Lipinski definition) is 0. The number of hydrogen-bond acceptors (Lipinski definition) is 5. The maximum absolute atomic E-state index is 10.7. The molecule has 2 aromatic heterocycles. The normalized spacial score (nSPS) is 10.8. The van der Waals surface area contributed by atoms with E-state index in [-0.39, 0.29) is 10.8 Å². The van der Waals surface area contributed by atoms with Gasteiger partial charge < -0.3 is 0 Å². The van der Waals surface area contributed by atoms with E-state index < -0.39 is 4.92 Å². The van der Waals surface area contributed by atoms with Crippen LogP contribution in [0.15, 0.2) is 35.0 Å². The zero-order valence-electron chi connectivity index (χ0n) is 9.41. The molecule has 0 spiro atoms. The SMILES string of the molecule is O=[N+]([O-])c1ccc2nc(-c3ccsc3)nc(Cl)c2c1. The van der Waals surface area contributed by atoms with Crippen LogP contribution in [0.1, 0.15) is 0 Å². The number of aromatic nitrogens is 2. The van der Waals surface area contributed by atoms with Gasteiger partial charge in [-0.2, -0.15) is 11.3 Å². The van der Waals surface area contributed by atoms with E-state index in [0.29, 0.717) is 16.7 Å². The van der Waals surface area contributed by atoms with Gasteiger partial charge in [-0.05, 0) is 17.5 Å². The van der Waals surface area contributed by atoms with Crippen molar-refractivity contribution in [3.8, 4) is 11.4 Å². The molecule has 5 nitrogen and oxygen atoms in total. The van der Waals surface area contributed by atoms with Crippen molar-refractivity contribution >= 4 is 39.5 Å². The summed E-state index contributed by atoms with van der Waals surface area (Å²) < 4.78 is 0. The highest BCUT2D eigenvalue weighted by atomic mass is 35.5. The molecule has 0 atom stereocenters. The van der Waals surface area contributed by atoms with Gasteiger partial charge in [0.2, 0.25) is 0 Å². The molecule has 0 saturated carbocycles. The van der Waals surface area contributed by atoms with Gasteiger partial charge in [0, 0.05) is 28.5 Å². The summed E-state index contributed by atoms with van der Waals surface area (Å²) in [5.74, 6) is 0.521. The van der Waals surface area contributed by atoms with E-state index in [1.807, 2.05) is 16.8 Å². The van der Waals surface area contributed by atoms with Gasteiger partial charge in [-0.3, -0.25) is 10.1 Å². The van der Waals surface area contributed by atoms with Crippen molar-refractivity contribution in [2.45, 2.75) is 0 Å². The molecule has 0 radical (unpaired) electrons. The van der Waals surface area contributed by atoms with Crippen molar-refractivity contribution in [3.05, 3.63) is 50.3 Å². The first kappa shape index (κ1) is 12.0. The lowest BCUT2D eigenvalue weighted by Gasteiger charge is -2.03. The Kier molecular flexibility index (Phi) is 2.88. The van der Waals surface area contributed by atoms with E-state index in [0.717, 1.165) is 5.56 Å². The van der Waals surface area contributed by atoms with E-state index in [2.05, 4.69) is 9.97 Å². The largest absolute Gasteiger partial charge is 0.270 e. The number of halogens is 1. The van der Waals surface area contributed by atoms with Gasteiger partial charge in [-0.25, -0.2) is 9.97 Å². The van der Waals surface area contributed by atoms with Crippen LogP contribution in [0.4, 0.5) is 5.69 Å². The molecular formula is C12H6ClN3O2S. The summed E-state index contributed by atoms with van der Waals surface area (Å²) in [7, 11) is 0. The highest BCUT2D eigenvalue weighted by molar-refractivity contribution is 7.08. The summed E-state index contributed by atoms with van der Waals surface area (Å²) >= 11 is 7.63. The zero-order valence-corrected chi connectivity index (χ0v) is 11.0. The summed E-state index contributed by atoms with van der Waals surface area (Å²) in [5.41, 5.74) is 1.44. The molecule has 94 valence electrons. The van der Waals surface area contributed by atoms with E-state index >= 15 is 0 Å². The average molecular weight is 292 g/mol. The molecule has 0 N–H and O–H groups in total. The minimum atomic E-state index is -0.470. The van der Waals surface area contributed by atoms with Crippen molar-refractivity contribution in [1.82, 2.24) is 9.97 Å². The Morgan fingerprint density at radius 2 is 2.11 bits per heavy atom.